The standard InChI is InChI=1S/C20H27N3O2/c1-13-7-9-16(10-8-13)20-22-19(25-23-20)12-11-18(24)21-17-6-4-5-14(2)15(17)3/h7-10,14-15,17H,4-6,11-12H2,1-3H3,(H,21,24)/t14-,15+,17-/m1/s1. The lowest BCUT2D eigenvalue weighted by molar-refractivity contribution is -0.122. The average molecular weight is 341 g/mol. The van der Waals surface area contributed by atoms with E-state index in [0.29, 0.717) is 42.4 Å². The lowest BCUT2D eigenvalue weighted by Gasteiger charge is -2.34. The highest BCUT2D eigenvalue weighted by Crippen LogP contribution is 2.29. The second kappa shape index (κ2) is 7.81. The third kappa shape index (κ3) is 4.47. The fraction of sp³-hybridized carbons (Fsp3) is 0.550. The molecule has 0 bridgehead atoms. The number of hydrogen-bond donors (Lipinski definition) is 1. The fourth-order valence-corrected chi connectivity index (χ4v) is 3.46. The molecule has 0 aliphatic heterocycles. The number of nitrogens with one attached hydrogen (secondary N) is 1. The summed E-state index contributed by atoms with van der Waals surface area (Å²) in [4.78, 5) is 16.6. The van der Waals surface area contributed by atoms with E-state index < -0.39 is 0 Å². The molecule has 2 aromatic rings. The van der Waals surface area contributed by atoms with Crippen LogP contribution < -0.4 is 5.32 Å². The molecule has 1 amide bonds. The van der Waals surface area contributed by atoms with Crippen molar-refractivity contribution in [3.05, 3.63) is 35.7 Å². The molecular formula is C20H27N3O2. The maximum Gasteiger partial charge on any atom is 0.227 e. The van der Waals surface area contributed by atoms with E-state index >= 15 is 0 Å². The first kappa shape index (κ1) is 17.6. The summed E-state index contributed by atoms with van der Waals surface area (Å²) >= 11 is 0. The van der Waals surface area contributed by atoms with Gasteiger partial charge in [-0.3, -0.25) is 4.79 Å². The summed E-state index contributed by atoms with van der Waals surface area (Å²) in [5.41, 5.74) is 2.12. The predicted molar refractivity (Wildman–Crippen MR) is 96.9 cm³/mol. The molecule has 1 aliphatic carbocycles. The number of amides is 1. The number of aryl methyl sites for hydroxylation is 2. The minimum atomic E-state index is 0.0704. The zero-order valence-electron chi connectivity index (χ0n) is 15.3. The van der Waals surface area contributed by atoms with Gasteiger partial charge >= 0.3 is 0 Å². The van der Waals surface area contributed by atoms with Gasteiger partial charge in [-0.05, 0) is 25.2 Å². The van der Waals surface area contributed by atoms with Crippen molar-refractivity contribution in [1.29, 1.82) is 0 Å². The number of carbonyl (C=O) groups excluding carboxylic acids is 1. The summed E-state index contributed by atoms with van der Waals surface area (Å²) in [6, 6.07) is 8.28. The predicted octanol–water partition coefficient (Wildman–Crippen LogP) is 3.92. The molecule has 3 rings (SSSR count). The van der Waals surface area contributed by atoms with Gasteiger partial charge in [-0.2, -0.15) is 4.98 Å². The monoisotopic (exact) mass is 341 g/mol. The molecule has 0 radical (unpaired) electrons. The number of carbonyl (C=O) groups is 1. The fourth-order valence-electron chi connectivity index (χ4n) is 3.46. The summed E-state index contributed by atoms with van der Waals surface area (Å²) in [7, 11) is 0. The van der Waals surface area contributed by atoms with E-state index in [9.17, 15) is 4.79 Å². The first-order valence-corrected chi connectivity index (χ1v) is 9.22. The van der Waals surface area contributed by atoms with Gasteiger partial charge < -0.3 is 9.84 Å². The minimum Gasteiger partial charge on any atom is -0.353 e. The van der Waals surface area contributed by atoms with E-state index in [1.165, 1.54) is 18.4 Å². The van der Waals surface area contributed by atoms with Crippen LogP contribution in [-0.2, 0) is 11.2 Å². The van der Waals surface area contributed by atoms with Crippen LogP contribution in [0.25, 0.3) is 11.4 Å². The quantitative estimate of drug-likeness (QED) is 0.895. The maximum absolute atomic E-state index is 12.3. The van der Waals surface area contributed by atoms with Crippen molar-refractivity contribution >= 4 is 5.91 Å². The Morgan fingerprint density at radius 1 is 1.24 bits per heavy atom. The first-order chi connectivity index (χ1) is 12.0. The molecule has 0 spiro atoms. The van der Waals surface area contributed by atoms with Gasteiger partial charge in [-0.15, -0.1) is 0 Å². The molecule has 1 aromatic heterocycles. The number of nitrogens with zero attached hydrogens (tertiary/aromatic N) is 2. The molecular weight excluding hydrogens is 314 g/mol. The van der Waals surface area contributed by atoms with E-state index in [0.717, 1.165) is 12.0 Å². The Bertz CT molecular complexity index is 708. The first-order valence-electron chi connectivity index (χ1n) is 9.22. The van der Waals surface area contributed by atoms with Gasteiger partial charge in [0.1, 0.15) is 0 Å². The van der Waals surface area contributed by atoms with E-state index in [2.05, 4.69) is 29.3 Å². The molecule has 1 fully saturated rings. The summed E-state index contributed by atoms with van der Waals surface area (Å²) in [5.74, 6) is 2.36. The summed E-state index contributed by atoms with van der Waals surface area (Å²) in [6.45, 7) is 6.55. The maximum atomic E-state index is 12.3. The third-order valence-electron chi connectivity index (χ3n) is 5.40. The van der Waals surface area contributed by atoms with Crippen LogP contribution in [0.4, 0.5) is 0 Å². The Balaban J connectivity index is 1.52. The van der Waals surface area contributed by atoms with E-state index in [4.69, 9.17) is 4.52 Å². The lowest BCUT2D eigenvalue weighted by Crippen LogP contribution is -2.43. The van der Waals surface area contributed by atoms with Crippen LogP contribution in [0, 0.1) is 18.8 Å². The second-order valence-corrected chi connectivity index (χ2v) is 7.32. The Labute approximate surface area is 149 Å². The van der Waals surface area contributed by atoms with Crippen LogP contribution in [0.15, 0.2) is 28.8 Å². The molecule has 3 atom stereocenters. The number of rotatable bonds is 5. The molecule has 1 aliphatic rings. The number of hydrogen-bond acceptors (Lipinski definition) is 4. The van der Waals surface area contributed by atoms with Gasteiger partial charge in [0.05, 0.1) is 0 Å². The average Bonchev–Trinajstić information content (AvgIpc) is 3.07. The summed E-state index contributed by atoms with van der Waals surface area (Å²) in [5, 5.41) is 7.20. The minimum absolute atomic E-state index is 0.0704. The van der Waals surface area contributed by atoms with E-state index in [1.807, 2.05) is 31.2 Å². The molecule has 1 N–H and O–H groups in total. The van der Waals surface area contributed by atoms with Crippen molar-refractivity contribution < 1.29 is 9.32 Å². The zero-order valence-corrected chi connectivity index (χ0v) is 15.3. The number of aromatic nitrogens is 2. The molecule has 1 heterocycles. The normalized spacial score (nSPS) is 23.4. The van der Waals surface area contributed by atoms with Crippen LogP contribution in [0.1, 0.15) is 51.0 Å². The highest BCUT2D eigenvalue weighted by atomic mass is 16.5. The van der Waals surface area contributed by atoms with Crippen LogP contribution in [0.3, 0.4) is 0 Å². The van der Waals surface area contributed by atoms with Gasteiger partial charge in [0.25, 0.3) is 0 Å². The van der Waals surface area contributed by atoms with Crippen molar-refractivity contribution in [2.24, 2.45) is 11.8 Å². The van der Waals surface area contributed by atoms with Gasteiger partial charge in [0, 0.05) is 24.4 Å². The smallest absolute Gasteiger partial charge is 0.227 e. The molecule has 0 unspecified atom stereocenters. The molecule has 5 nitrogen and oxygen atoms in total. The molecule has 0 saturated heterocycles. The third-order valence-corrected chi connectivity index (χ3v) is 5.40. The Morgan fingerprint density at radius 3 is 2.76 bits per heavy atom. The SMILES string of the molecule is Cc1ccc(-c2noc(CCC(=O)N[C@@H]3CCC[C@@H](C)[C@@H]3C)n2)cc1. The van der Waals surface area contributed by atoms with Crippen LogP contribution >= 0.6 is 0 Å². The van der Waals surface area contributed by atoms with Crippen molar-refractivity contribution in [3.8, 4) is 11.4 Å². The lowest BCUT2D eigenvalue weighted by atomic mass is 9.78. The van der Waals surface area contributed by atoms with Gasteiger partial charge in [0.2, 0.25) is 17.6 Å². The zero-order chi connectivity index (χ0) is 17.8. The second-order valence-electron chi connectivity index (χ2n) is 7.32. The van der Waals surface area contributed by atoms with Crippen molar-refractivity contribution in [3.63, 3.8) is 0 Å². The number of benzene rings is 1. The van der Waals surface area contributed by atoms with Crippen molar-refractivity contribution in [1.82, 2.24) is 15.5 Å². The molecule has 134 valence electrons. The van der Waals surface area contributed by atoms with Crippen LogP contribution in [0.5, 0.6) is 0 Å². The Hall–Kier alpha value is -2.17. The Morgan fingerprint density at radius 2 is 2.00 bits per heavy atom. The largest absolute Gasteiger partial charge is 0.353 e. The highest BCUT2D eigenvalue weighted by molar-refractivity contribution is 5.76. The van der Waals surface area contributed by atoms with Crippen molar-refractivity contribution in [2.75, 3.05) is 0 Å². The van der Waals surface area contributed by atoms with Gasteiger partial charge in [-0.1, -0.05) is 61.7 Å². The van der Waals surface area contributed by atoms with Crippen LogP contribution in [0.2, 0.25) is 0 Å². The van der Waals surface area contributed by atoms with Gasteiger partial charge in [-0.25, -0.2) is 0 Å². The van der Waals surface area contributed by atoms with E-state index in [-0.39, 0.29) is 5.91 Å². The van der Waals surface area contributed by atoms with Crippen LogP contribution in [-0.4, -0.2) is 22.1 Å². The highest BCUT2D eigenvalue weighted by Gasteiger charge is 2.28. The topological polar surface area (TPSA) is 68.0 Å². The summed E-state index contributed by atoms with van der Waals surface area (Å²) < 4.78 is 5.29. The molecule has 1 aromatic carbocycles. The van der Waals surface area contributed by atoms with Gasteiger partial charge in [0.15, 0.2) is 0 Å². The Kier molecular flexibility index (Phi) is 5.51. The van der Waals surface area contributed by atoms with E-state index in [1.54, 1.807) is 0 Å². The molecule has 1 saturated carbocycles. The summed E-state index contributed by atoms with van der Waals surface area (Å²) in [6.07, 6.45) is 4.39. The molecule has 25 heavy (non-hydrogen) atoms. The van der Waals surface area contributed by atoms with Crippen molar-refractivity contribution in [2.45, 2.75) is 58.9 Å². The molecule has 5 heteroatoms.